The maximum absolute atomic E-state index is 13.4. The maximum Gasteiger partial charge on any atom is 0.244 e. The molecule has 6 rings (SSSR count). The highest BCUT2D eigenvalue weighted by molar-refractivity contribution is 5.92. The monoisotopic (exact) mass is 366 g/mol. The van der Waals surface area contributed by atoms with Crippen molar-refractivity contribution in [3.05, 3.63) is 42.0 Å². The Labute approximate surface area is 160 Å². The molecule has 4 nitrogen and oxygen atoms in total. The van der Waals surface area contributed by atoms with Crippen LogP contribution in [0.25, 0.3) is 10.8 Å². The number of carbonyl (C=O) groups is 1. The quantitative estimate of drug-likeness (QED) is 0.759. The highest BCUT2D eigenvalue weighted by Crippen LogP contribution is 2.41. The van der Waals surface area contributed by atoms with Gasteiger partial charge in [-0.2, -0.15) is 0 Å². The van der Waals surface area contributed by atoms with Crippen LogP contribution in [0.15, 0.2) is 36.4 Å². The van der Waals surface area contributed by atoms with Crippen LogP contribution >= 0.6 is 0 Å². The lowest BCUT2D eigenvalue weighted by atomic mass is 9.59. The molecule has 0 amide bonds. The van der Waals surface area contributed by atoms with Gasteiger partial charge in [0.25, 0.3) is 0 Å². The first-order chi connectivity index (χ1) is 13.0. The van der Waals surface area contributed by atoms with Crippen molar-refractivity contribution in [2.75, 3.05) is 26.2 Å². The Morgan fingerprint density at radius 2 is 1.78 bits per heavy atom. The Bertz CT molecular complexity index is 906. The molecule has 3 N–H and O–H groups in total. The third-order valence-electron chi connectivity index (χ3n) is 7.46. The largest absolute Gasteiger partial charge is 0.507 e. The van der Waals surface area contributed by atoms with E-state index in [0.717, 1.165) is 56.4 Å². The van der Waals surface area contributed by atoms with Crippen molar-refractivity contribution in [2.24, 2.45) is 10.8 Å². The maximum atomic E-state index is 13.4. The molecule has 4 aliphatic heterocycles. The van der Waals surface area contributed by atoms with E-state index in [2.05, 4.69) is 38.1 Å². The summed E-state index contributed by atoms with van der Waals surface area (Å²) in [5, 5.41) is 13.2. The Morgan fingerprint density at radius 1 is 1.07 bits per heavy atom. The standard InChI is InChI=1S/C23H28N2O2/c1-3-4-11-23-14-24-12-22(2,21(23)27)13-25(15-23)20(24)19-17-8-6-5-7-16(17)9-10-18(19)26/h5-10,20,26H,3-4,11-15H2,1-2H3/p+2. The molecule has 4 saturated heterocycles. The summed E-state index contributed by atoms with van der Waals surface area (Å²) in [6.07, 6.45) is 3.53. The summed E-state index contributed by atoms with van der Waals surface area (Å²) in [7, 11) is 0. The average Bonchev–Trinajstić information content (AvgIpc) is 2.65. The number of hydrogen-bond acceptors (Lipinski definition) is 2. The van der Waals surface area contributed by atoms with E-state index in [0.29, 0.717) is 11.5 Å². The molecule has 2 unspecified atom stereocenters. The second-order valence-corrected chi connectivity index (χ2v) is 9.45. The number of quaternary nitrogens is 2. The molecule has 2 aromatic rings. The van der Waals surface area contributed by atoms with E-state index in [1.165, 1.54) is 15.2 Å². The van der Waals surface area contributed by atoms with Gasteiger partial charge in [0.1, 0.15) is 48.3 Å². The zero-order chi connectivity index (χ0) is 18.8. The van der Waals surface area contributed by atoms with Crippen molar-refractivity contribution in [3.63, 3.8) is 0 Å². The lowest BCUT2D eigenvalue weighted by Gasteiger charge is -2.60. The molecule has 4 fully saturated rings. The number of hydrogen-bond donors (Lipinski definition) is 3. The number of ketones is 1. The third-order valence-corrected chi connectivity index (χ3v) is 7.46. The third kappa shape index (κ3) is 2.33. The second-order valence-electron chi connectivity index (χ2n) is 9.45. The molecule has 0 spiro atoms. The predicted octanol–water partition coefficient (Wildman–Crippen LogP) is 1.11. The number of aromatic hydroxyl groups is 1. The molecule has 4 heterocycles. The van der Waals surface area contributed by atoms with Gasteiger partial charge < -0.3 is 5.11 Å². The van der Waals surface area contributed by atoms with Crippen LogP contribution in [-0.4, -0.2) is 37.1 Å². The molecule has 2 atom stereocenters. The van der Waals surface area contributed by atoms with Gasteiger partial charge in [0, 0.05) is 5.39 Å². The van der Waals surface area contributed by atoms with Gasteiger partial charge in [0.05, 0.1) is 0 Å². The van der Waals surface area contributed by atoms with E-state index in [4.69, 9.17) is 0 Å². The molecule has 27 heavy (non-hydrogen) atoms. The summed E-state index contributed by atoms with van der Waals surface area (Å²) >= 11 is 0. The highest BCUT2D eigenvalue weighted by Gasteiger charge is 2.69. The Morgan fingerprint density at radius 3 is 2.48 bits per heavy atom. The number of rotatable bonds is 4. The van der Waals surface area contributed by atoms with Crippen LogP contribution in [0, 0.1) is 10.8 Å². The summed E-state index contributed by atoms with van der Waals surface area (Å²) < 4.78 is 0. The fourth-order valence-electron chi connectivity index (χ4n) is 6.58. The fourth-order valence-corrected chi connectivity index (χ4v) is 6.58. The smallest absolute Gasteiger partial charge is 0.244 e. The van der Waals surface area contributed by atoms with Gasteiger partial charge in [0.2, 0.25) is 6.17 Å². The van der Waals surface area contributed by atoms with Crippen molar-refractivity contribution in [3.8, 4) is 5.75 Å². The molecule has 0 radical (unpaired) electrons. The van der Waals surface area contributed by atoms with Crippen LogP contribution < -0.4 is 9.80 Å². The van der Waals surface area contributed by atoms with Crippen LogP contribution in [-0.2, 0) is 4.79 Å². The van der Waals surface area contributed by atoms with Gasteiger partial charge in [0.15, 0.2) is 5.78 Å². The number of piperidine rings is 2. The number of unbranched alkanes of at least 4 members (excludes halogenated alkanes) is 1. The summed E-state index contributed by atoms with van der Waals surface area (Å²) in [5.74, 6) is 0.932. The fraction of sp³-hybridized carbons (Fsp3) is 0.522. The number of Topliss-reactive ketones (excluding diaryl/α,β-unsaturated/α-hetero) is 1. The minimum atomic E-state index is -0.203. The first-order valence-electron chi connectivity index (χ1n) is 10.4. The molecular formula is C23H30N2O2+2. The summed E-state index contributed by atoms with van der Waals surface area (Å²) in [6, 6.07) is 12.2. The summed E-state index contributed by atoms with van der Waals surface area (Å²) in [4.78, 5) is 16.4. The van der Waals surface area contributed by atoms with Crippen LogP contribution in [0.5, 0.6) is 5.75 Å². The number of benzene rings is 2. The first-order valence-corrected chi connectivity index (χ1v) is 10.4. The molecular weight excluding hydrogens is 336 g/mol. The molecule has 0 aliphatic carbocycles. The zero-order valence-electron chi connectivity index (χ0n) is 16.3. The van der Waals surface area contributed by atoms with E-state index in [9.17, 15) is 9.90 Å². The summed E-state index contributed by atoms with van der Waals surface area (Å²) in [5.41, 5.74) is 0.729. The molecule has 0 saturated carbocycles. The van der Waals surface area contributed by atoms with Gasteiger partial charge in [-0.25, -0.2) is 0 Å². The molecule has 142 valence electrons. The van der Waals surface area contributed by atoms with Gasteiger partial charge in [-0.1, -0.05) is 50.1 Å². The van der Waals surface area contributed by atoms with E-state index >= 15 is 0 Å². The topological polar surface area (TPSA) is 46.2 Å². The molecule has 4 bridgehead atoms. The number of fused-ring (bicyclic) bond motifs is 1. The minimum absolute atomic E-state index is 0.150. The zero-order valence-corrected chi connectivity index (χ0v) is 16.3. The van der Waals surface area contributed by atoms with E-state index in [1.54, 1.807) is 0 Å². The van der Waals surface area contributed by atoms with Crippen LogP contribution in [0.1, 0.15) is 44.8 Å². The van der Waals surface area contributed by atoms with Crippen molar-refractivity contribution in [2.45, 2.75) is 39.3 Å². The van der Waals surface area contributed by atoms with Gasteiger partial charge >= 0.3 is 0 Å². The number of carbonyl (C=O) groups excluding carboxylic acids is 1. The van der Waals surface area contributed by atoms with Gasteiger partial charge in [-0.3, -0.25) is 14.6 Å². The lowest BCUT2D eigenvalue weighted by Crippen LogP contribution is -3.41. The van der Waals surface area contributed by atoms with E-state index in [1.807, 2.05) is 12.1 Å². The van der Waals surface area contributed by atoms with Gasteiger partial charge in [-0.15, -0.1) is 0 Å². The predicted molar refractivity (Wildman–Crippen MR) is 105 cm³/mol. The van der Waals surface area contributed by atoms with E-state index < -0.39 is 0 Å². The lowest BCUT2D eigenvalue weighted by molar-refractivity contribution is -1.18. The highest BCUT2D eigenvalue weighted by atomic mass is 16.3. The number of phenolic OH excluding ortho intramolecular Hbond substituents is 1. The first kappa shape index (κ1) is 17.2. The van der Waals surface area contributed by atoms with Gasteiger partial charge in [-0.05, 0) is 24.8 Å². The molecule has 4 aliphatic rings. The Hall–Kier alpha value is -1.91. The Balaban J connectivity index is 1.61. The molecule has 0 aromatic heterocycles. The van der Waals surface area contributed by atoms with Crippen molar-refractivity contribution < 1.29 is 19.7 Å². The van der Waals surface area contributed by atoms with Crippen molar-refractivity contribution in [1.82, 2.24) is 0 Å². The van der Waals surface area contributed by atoms with Crippen LogP contribution in [0.2, 0.25) is 0 Å². The van der Waals surface area contributed by atoms with E-state index in [-0.39, 0.29) is 17.0 Å². The SMILES string of the molecule is CCCCC12C[NH+]3CC(C)(C[NH+](C1)C3c1c(O)ccc3ccccc13)C2=O. The van der Waals surface area contributed by atoms with Crippen LogP contribution in [0.4, 0.5) is 0 Å². The molecule has 2 aromatic carbocycles. The Kier molecular flexibility index (Phi) is 3.69. The average molecular weight is 367 g/mol. The molecule has 4 heteroatoms. The number of nitrogens with one attached hydrogen (secondary N) is 2. The summed E-state index contributed by atoms with van der Waals surface area (Å²) in [6.45, 7) is 8.06. The minimum Gasteiger partial charge on any atom is -0.507 e. The second kappa shape index (κ2) is 5.79. The number of phenols is 1. The van der Waals surface area contributed by atoms with Crippen molar-refractivity contribution in [1.29, 1.82) is 0 Å². The van der Waals surface area contributed by atoms with Crippen LogP contribution in [0.3, 0.4) is 0 Å². The van der Waals surface area contributed by atoms with Crippen molar-refractivity contribution >= 4 is 16.6 Å². The normalized spacial score (nSPS) is 37.3.